The number of aryl methyl sites for hydroxylation is 1. The fourth-order valence-corrected chi connectivity index (χ4v) is 2.82. The van der Waals surface area contributed by atoms with Crippen LogP contribution in [0.15, 0.2) is 47.5 Å². The van der Waals surface area contributed by atoms with E-state index < -0.39 is 0 Å². The van der Waals surface area contributed by atoms with Gasteiger partial charge in [0.25, 0.3) is 5.56 Å². The van der Waals surface area contributed by atoms with E-state index >= 15 is 0 Å². The van der Waals surface area contributed by atoms with Gasteiger partial charge in [-0.1, -0.05) is 20.8 Å². The summed E-state index contributed by atoms with van der Waals surface area (Å²) in [5, 5.41) is 1.17. The molecule has 0 unspecified atom stereocenters. The molecule has 108 valence electrons. The fraction of sp³-hybridized carbons (Fsp3) is 0.278. The number of pyridine rings is 1. The summed E-state index contributed by atoms with van der Waals surface area (Å²) in [6, 6.07) is 10.1. The van der Waals surface area contributed by atoms with Crippen molar-refractivity contribution in [2.75, 3.05) is 0 Å². The monoisotopic (exact) mass is 280 g/mol. The molecule has 0 bridgehead atoms. The van der Waals surface area contributed by atoms with Crippen LogP contribution in [0.5, 0.6) is 0 Å². The molecule has 1 aromatic carbocycles. The summed E-state index contributed by atoms with van der Waals surface area (Å²) in [5.74, 6) is 0. The molecule has 21 heavy (non-hydrogen) atoms. The average Bonchev–Trinajstić information content (AvgIpc) is 2.79. The Bertz CT molecular complexity index is 863. The maximum atomic E-state index is 12.1. The van der Waals surface area contributed by atoms with Gasteiger partial charge in [-0.05, 0) is 46.9 Å². The van der Waals surface area contributed by atoms with E-state index in [0.29, 0.717) is 5.56 Å². The molecule has 2 heterocycles. The van der Waals surface area contributed by atoms with Gasteiger partial charge >= 0.3 is 0 Å². The lowest BCUT2D eigenvalue weighted by Gasteiger charge is -2.22. The third-order valence-corrected chi connectivity index (χ3v) is 3.91. The van der Waals surface area contributed by atoms with Crippen LogP contribution in [0.3, 0.4) is 0 Å². The number of nitrogens with one attached hydrogen (secondary N) is 1. The normalized spacial score (nSPS) is 12.0. The van der Waals surface area contributed by atoms with Crippen LogP contribution in [0.1, 0.15) is 26.3 Å². The van der Waals surface area contributed by atoms with Crippen LogP contribution < -0.4 is 5.56 Å². The van der Waals surface area contributed by atoms with Gasteiger partial charge in [0, 0.05) is 30.4 Å². The van der Waals surface area contributed by atoms with Crippen molar-refractivity contribution in [3.63, 3.8) is 0 Å². The quantitative estimate of drug-likeness (QED) is 0.722. The molecule has 0 aliphatic carbocycles. The van der Waals surface area contributed by atoms with Gasteiger partial charge in [-0.15, -0.1) is 0 Å². The van der Waals surface area contributed by atoms with Crippen molar-refractivity contribution in [3.05, 3.63) is 58.6 Å². The molecule has 0 saturated carbocycles. The minimum atomic E-state index is -0.0485. The molecule has 3 rings (SSSR count). The Morgan fingerprint density at radius 2 is 1.90 bits per heavy atom. The SMILES string of the molecule is Cn1ccc2cc(-c3ccc[nH]c3=O)cc(C(C)(C)C)c21. The van der Waals surface area contributed by atoms with E-state index in [2.05, 4.69) is 61.8 Å². The first-order chi connectivity index (χ1) is 9.88. The number of rotatable bonds is 1. The molecule has 0 amide bonds. The number of nitrogens with zero attached hydrogens (tertiary/aromatic N) is 1. The van der Waals surface area contributed by atoms with E-state index in [0.717, 1.165) is 5.56 Å². The van der Waals surface area contributed by atoms with Crippen LogP contribution in [-0.2, 0) is 12.5 Å². The zero-order valence-corrected chi connectivity index (χ0v) is 12.9. The van der Waals surface area contributed by atoms with Gasteiger partial charge in [0.1, 0.15) is 0 Å². The zero-order valence-electron chi connectivity index (χ0n) is 12.9. The van der Waals surface area contributed by atoms with Gasteiger partial charge in [-0.3, -0.25) is 4.79 Å². The lowest BCUT2D eigenvalue weighted by molar-refractivity contribution is 0.593. The zero-order chi connectivity index (χ0) is 15.2. The summed E-state index contributed by atoms with van der Waals surface area (Å²) in [6.07, 6.45) is 3.73. The Labute approximate surface area is 124 Å². The van der Waals surface area contributed by atoms with Crippen molar-refractivity contribution in [1.82, 2.24) is 9.55 Å². The molecule has 2 aromatic heterocycles. The lowest BCUT2D eigenvalue weighted by atomic mass is 9.84. The first-order valence-corrected chi connectivity index (χ1v) is 7.15. The summed E-state index contributed by atoms with van der Waals surface area (Å²) in [5.41, 5.74) is 4.15. The highest BCUT2D eigenvalue weighted by molar-refractivity contribution is 5.89. The van der Waals surface area contributed by atoms with Crippen LogP contribution >= 0.6 is 0 Å². The number of aromatic nitrogens is 2. The van der Waals surface area contributed by atoms with Crippen molar-refractivity contribution >= 4 is 10.9 Å². The topological polar surface area (TPSA) is 37.8 Å². The van der Waals surface area contributed by atoms with E-state index in [1.54, 1.807) is 6.20 Å². The Hall–Kier alpha value is -2.29. The largest absolute Gasteiger partial charge is 0.350 e. The first-order valence-electron chi connectivity index (χ1n) is 7.15. The Balaban J connectivity index is 2.37. The van der Waals surface area contributed by atoms with E-state index in [-0.39, 0.29) is 11.0 Å². The molecule has 3 nitrogen and oxygen atoms in total. The highest BCUT2D eigenvalue weighted by Gasteiger charge is 2.20. The average molecular weight is 280 g/mol. The van der Waals surface area contributed by atoms with Gasteiger partial charge in [-0.25, -0.2) is 0 Å². The number of fused-ring (bicyclic) bond motifs is 1. The Morgan fingerprint density at radius 1 is 1.14 bits per heavy atom. The predicted octanol–water partition coefficient (Wildman–Crippen LogP) is 3.83. The molecule has 0 spiro atoms. The minimum absolute atomic E-state index is 0.0158. The van der Waals surface area contributed by atoms with Crippen LogP contribution in [0.2, 0.25) is 0 Å². The first kappa shape index (κ1) is 13.7. The number of H-pyrrole nitrogens is 1. The molecular weight excluding hydrogens is 260 g/mol. The number of hydrogen-bond acceptors (Lipinski definition) is 1. The highest BCUT2D eigenvalue weighted by atomic mass is 16.1. The molecule has 0 aliphatic rings. The van der Waals surface area contributed by atoms with Gasteiger partial charge in [0.2, 0.25) is 0 Å². The van der Waals surface area contributed by atoms with Gasteiger partial charge in [0.05, 0.1) is 5.52 Å². The minimum Gasteiger partial charge on any atom is -0.350 e. The standard InChI is InChI=1S/C18H20N2O/c1-18(2,3)15-11-13(14-6-5-8-19-17(14)21)10-12-7-9-20(4)16(12)15/h5-11H,1-4H3,(H,19,21). The summed E-state index contributed by atoms with van der Waals surface area (Å²) >= 11 is 0. The summed E-state index contributed by atoms with van der Waals surface area (Å²) in [6.45, 7) is 6.61. The summed E-state index contributed by atoms with van der Waals surface area (Å²) in [7, 11) is 2.06. The van der Waals surface area contributed by atoms with Gasteiger partial charge < -0.3 is 9.55 Å². The maximum absolute atomic E-state index is 12.1. The van der Waals surface area contributed by atoms with Crippen molar-refractivity contribution in [2.24, 2.45) is 7.05 Å². The molecule has 0 radical (unpaired) electrons. The summed E-state index contributed by atoms with van der Waals surface area (Å²) in [4.78, 5) is 14.8. The van der Waals surface area contributed by atoms with Crippen molar-refractivity contribution in [2.45, 2.75) is 26.2 Å². The molecule has 0 aliphatic heterocycles. The van der Waals surface area contributed by atoms with E-state index in [4.69, 9.17) is 0 Å². The lowest BCUT2D eigenvalue weighted by Crippen LogP contribution is -2.14. The van der Waals surface area contributed by atoms with Crippen LogP contribution in [0.4, 0.5) is 0 Å². The van der Waals surface area contributed by atoms with E-state index in [9.17, 15) is 4.79 Å². The van der Waals surface area contributed by atoms with Crippen LogP contribution in [0.25, 0.3) is 22.0 Å². The number of benzene rings is 1. The Morgan fingerprint density at radius 3 is 2.57 bits per heavy atom. The smallest absolute Gasteiger partial charge is 0.255 e. The van der Waals surface area contributed by atoms with Crippen LogP contribution in [-0.4, -0.2) is 9.55 Å². The van der Waals surface area contributed by atoms with E-state index in [1.165, 1.54) is 16.5 Å². The van der Waals surface area contributed by atoms with Crippen molar-refractivity contribution < 1.29 is 0 Å². The molecule has 3 heteroatoms. The van der Waals surface area contributed by atoms with E-state index in [1.807, 2.05) is 12.1 Å². The second-order valence-electron chi connectivity index (χ2n) is 6.55. The number of aromatic amines is 1. The van der Waals surface area contributed by atoms with Crippen molar-refractivity contribution in [1.29, 1.82) is 0 Å². The maximum Gasteiger partial charge on any atom is 0.255 e. The fourth-order valence-electron chi connectivity index (χ4n) is 2.82. The highest BCUT2D eigenvalue weighted by Crippen LogP contribution is 2.34. The van der Waals surface area contributed by atoms with Crippen LogP contribution in [0, 0.1) is 0 Å². The van der Waals surface area contributed by atoms with Gasteiger partial charge in [0.15, 0.2) is 0 Å². The third-order valence-electron chi connectivity index (χ3n) is 3.91. The number of hydrogen-bond donors (Lipinski definition) is 1. The molecule has 0 atom stereocenters. The van der Waals surface area contributed by atoms with Gasteiger partial charge in [-0.2, -0.15) is 0 Å². The molecule has 0 saturated heterocycles. The molecule has 1 N–H and O–H groups in total. The second-order valence-corrected chi connectivity index (χ2v) is 6.55. The predicted molar refractivity (Wildman–Crippen MR) is 87.7 cm³/mol. The summed E-state index contributed by atoms with van der Waals surface area (Å²) < 4.78 is 2.15. The Kier molecular flexibility index (Phi) is 3.01. The molecule has 0 fully saturated rings. The third kappa shape index (κ3) is 2.29. The molecule has 3 aromatic rings. The van der Waals surface area contributed by atoms with Crippen molar-refractivity contribution in [3.8, 4) is 11.1 Å². The second kappa shape index (κ2) is 4.62. The molecular formula is C18H20N2O.